The molecule has 0 bridgehead atoms. The van der Waals surface area contributed by atoms with Crippen molar-refractivity contribution in [2.24, 2.45) is 0 Å². The Bertz CT molecular complexity index is 508. The monoisotopic (exact) mass is 243 g/mol. The quantitative estimate of drug-likeness (QED) is 0.822. The van der Waals surface area contributed by atoms with E-state index in [4.69, 9.17) is 0 Å². The van der Waals surface area contributed by atoms with Crippen LogP contribution in [0.5, 0.6) is 0 Å². The lowest BCUT2D eigenvalue weighted by atomic mass is 10.2. The molecule has 0 saturated carbocycles. The van der Waals surface area contributed by atoms with E-state index in [1.165, 1.54) is 12.8 Å². The Morgan fingerprint density at radius 3 is 3.11 bits per heavy atom. The summed E-state index contributed by atoms with van der Waals surface area (Å²) in [5, 5.41) is 0. The fourth-order valence-electron chi connectivity index (χ4n) is 2.56. The third kappa shape index (κ3) is 2.20. The van der Waals surface area contributed by atoms with Gasteiger partial charge in [0, 0.05) is 43.3 Å². The van der Waals surface area contributed by atoms with E-state index >= 15 is 0 Å². The van der Waals surface area contributed by atoms with Gasteiger partial charge in [-0.05, 0) is 19.8 Å². The summed E-state index contributed by atoms with van der Waals surface area (Å²) < 4.78 is 2.14. The number of hydrogen-bond donors (Lipinski definition) is 0. The second-order valence-corrected chi connectivity index (χ2v) is 4.77. The van der Waals surface area contributed by atoms with Crippen molar-refractivity contribution in [2.45, 2.75) is 32.4 Å². The number of hydrogen-bond acceptors (Lipinski definition) is 4. The van der Waals surface area contributed by atoms with Gasteiger partial charge in [-0.1, -0.05) is 0 Å². The van der Waals surface area contributed by atoms with Crippen LogP contribution in [0.15, 0.2) is 31.1 Å². The van der Waals surface area contributed by atoms with Gasteiger partial charge in [0.05, 0.1) is 6.33 Å². The maximum atomic E-state index is 4.39. The molecule has 1 aliphatic heterocycles. The minimum atomic E-state index is 0.508. The van der Waals surface area contributed by atoms with Gasteiger partial charge in [-0.15, -0.1) is 0 Å². The van der Waals surface area contributed by atoms with Crippen LogP contribution in [0.3, 0.4) is 0 Å². The Morgan fingerprint density at radius 1 is 1.39 bits per heavy atom. The van der Waals surface area contributed by atoms with Crippen LogP contribution in [-0.4, -0.2) is 32.1 Å². The average Bonchev–Trinajstić information content (AvgIpc) is 3.01. The summed E-state index contributed by atoms with van der Waals surface area (Å²) in [7, 11) is 0. The summed E-state index contributed by atoms with van der Waals surface area (Å²) in [5.41, 5.74) is 1.02. The van der Waals surface area contributed by atoms with Crippen LogP contribution >= 0.6 is 0 Å². The number of aromatic nitrogens is 4. The molecule has 0 aliphatic carbocycles. The maximum absolute atomic E-state index is 4.39. The van der Waals surface area contributed by atoms with Gasteiger partial charge in [0.1, 0.15) is 12.1 Å². The van der Waals surface area contributed by atoms with Crippen LogP contribution in [-0.2, 0) is 6.54 Å². The van der Waals surface area contributed by atoms with Crippen molar-refractivity contribution in [1.82, 2.24) is 19.5 Å². The molecule has 3 rings (SSSR count). The molecule has 0 amide bonds. The Balaban J connectivity index is 1.79. The first-order chi connectivity index (χ1) is 8.83. The van der Waals surface area contributed by atoms with Gasteiger partial charge in [-0.25, -0.2) is 15.0 Å². The normalized spacial score (nSPS) is 19.4. The Morgan fingerprint density at radius 2 is 2.33 bits per heavy atom. The minimum absolute atomic E-state index is 0.508. The molecule has 0 N–H and O–H groups in total. The van der Waals surface area contributed by atoms with Crippen LogP contribution in [0, 0.1) is 6.92 Å². The molecule has 94 valence electrons. The largest absolute Gasteiger partial charge is 0.352 e. The minimum Gasteiger partial charge on any atom is -0.352 e. The van der Waals surface area contributed by atoms with E-state index in [2.05, 4.69) is 30.5 Å². The molecule has 2 aromatic heterocycles. The van der Waals surface area contributed by atoms with Crippen molar-refractivity contribution >= 4 is 5.82 Å². The molecule has 5 nitrogen and oxygen atoms in total. The van der Waals surface area contributed by atoms with E-state index in [0.29, 0.717) is 6.04 Å². The molecule has 1 atom stereocenters. The van der Waals surface area contributed by atoms with Crippen LogP contribution < -0.4 is 4.90 Å². The third-order valence-corrected chi connectivity index (χ3v) is 3.44. The standard InChI is InChI=1S/C13H17N5/c1-11-7-13(16-9-15-11)18-5-2-3-12(18)8-17-6-4-14-10-17/h4,6-7,9-10,12H,2-3,5,8H2,1H3. The lowest BCUT2D eigenvalue weighted by molar-refractivity contribution is 0.547. The number of imidazole rings is 1. The Hall–Kier alpha value is -1.91. The zero-order valence-corrected chi connectivity index (χ0v) is 10.5. The molecule has 1 aliphatic rings. The van der Waals surface area contributed by atoms with E-state index in [0.717, 1.165) is 24.6 Å². The highest BCUT2D eigenvalue weighted by molar-refractivity contribution is 5.41. The number of rotatable bonds is 3. The van der Waals surface area contributed by atoms with Crippen molar-refractivity contribution in [2.75, 3.05) is 11.4 Å². The summed E-state index contributed by atoms with van der Waals surface area (Å²) in [4.78, 5) is 15.0. The van der Waals surface area contributed by atoms with Gasteiger partial charge >= 0.3 is 0 Å². The molecule has 2 aromatic rings. The van der Waals surface area contributed by atoms with Gasteiger partial charge < -0.3 is 9.47 Å². The molecule has 1 unspecified atom stereocenters. The molecule has 0 radical (unpaired) electrons. The van der Waals surface area contributed by atoms with Gasteiger partial charge in [-0.2, -0.15) is 0 Å². The SMILES string of the molecule is Cc1cc(N2CCCC2Cn2ccnc2)ncn1. The first-order valence-electron chi connectivity index (χ1n) is 6.34. The molecular formula is C13H17N5. The highest BCUT2D eigenvalue weighted by Crippen LogP contribution is 2.24. The van der Waals surface area contributed by atoms with Crippen LogP contribution in [0.4, 0.5) is 5.82 Å². The van der Waals surface area contributed by atoms with Gasteiger partial charge in [0.2, 0.25) is 0 Å². The van der Waals surface area contributed by atoms with Gasteiger partial charge in [0.15, 0.2) is 0 Å². The second-order valence-electron chi connectivity index (χ2n) is 4.77. The molecule has 0 aromatic carbocycles. The van der Waals surface area contributed by atoms with E-state index in [-0.39, 0.29) is 0 Å². The Labute approximate surface area is 107 Å². The lowest BCUT2D eigenvalue weighted by Crippen LogP contribution is -2.33. The average molecular weight is 243 g/mol. The van der Waals surface area contributed by atoms with Crippen LogP contribution in [0.25, 0.3) is 0 Å². The van der Waals surface area contributed by atoms with Crippen LogP contribution in [0.1, 0.15) is 18.5 Å². The van der Waals surface area contributed by atoms with Gasteiger partial charge in [0.25, 0.3) is 0 Å². The van der Waals surface area contributed by atoms with Gasteiger partial charge in [-0.3, -0.25) is 0 Å². The first kappa shape index (κ1) is 11.2. The predicted molar refractivity (Wildman–Crippen MR) is 69.4 cm³/mol. The third-order valence-electron chi connectivity index (χ3n) is 3.44. The van der Waals surface area contributed by atoms with Crippen molar-refractivity contribution in [3.05, 3.63) is 36.8 Å². The molecule has 1 fully saturated rings. The highest BCUT2D eigenvalue weighted by atomic mass is 15.3. The van der Waals surface area contributed by atoms with E-state index in [9.17, 15) is 0 Å². The van der Waals surface area contributed by atoms with Crippen LogP contribution in [0.2, 0.25) is 0 Å². The fraction of sp³-hybridized carbons (Fsp3) is 0.462. The Kier molecular flexibility index (Phi) is 2.96. The summed E-state index contributed by atoms with van der Waals surface area (Å²) >= 11 is 0. The highest BCUT2D eigenvalue weighted by Gasteiger charge is 2.25. The fourth-order valence-corrected chi connectivity index (χ4v) is 2.56. The number of anilines is 1. The summed E-state index contributed by atoms with van der Waals surface area (Å²) in [6.07, 6.45) is 9.80. The second kappa shape index (κ2) is 4.76. The zero-order valence-electron chi connectivity index (χ0n) is 10.5. The number of nitrogens with zero attached hydrogens (tertiary/aromatic N) is 5. The summed E-state index contributed by atoms with van der Waals surface area (Å²) in [6.45, 7) is 4.06. The first-order valence-corrected chi connectivity index (χ1v) is 6.34. The van der Waals surface area contributed by atoms with E-state index < -0.39 is 0 Å². The smallest absolute Gasteiger partial charge is 0.132 e. The maximum Gasteiger partial charge on any atom is 0.132 e. The number of aryl methyl sites for hydroxylation is 1. The molecule has 5 heteroatoms. The van der Waals surface area contributed by atoms with Crippen molar-refractivity contribution in [3.8, 4) is 0 Å². The zero-order chi connectivity index (χ0) is 12.4. The van der Waals surface area contributed by atoms with E-state index in [1.807, 2.05) is 25.6 Å². The van der Waals surface area contributed by atoms with Crippen molar-refractivity contribution in [3.63, 3.8) is 0 Å². The summed E-state index contributed by atoms with van der Waals surface area (Å²) in [6, 6.07) is 2.57. The summed E-state index contributed by atoms with van der Waals surface area (Å²) in [5.74, 6) is 1.05. The lowest BCUT2D eigenvalue weighted by Gasteiger charge is -2.26. The van der Waals surface area contributed by atoms with Crippen molar-refractivity contribution in [1.29, 1.82) is 0 Å². The predicted octanol–water partition coefficient (Wildman–Crippen LogP) is 1.65. The molecule has 0 spiro atoms. The molecule has 1 saturated heterocycles. The molecule has 3 heterocycles. The topological polar surface area (TPSA) is 46.8 Å². The van der Waals surface area contributed by atoms with E-state index in [1.54, 1.807) is 6.33 Å². The van der Waals surface area contributed by atoms with Crippen molar-refractivity contribution < 1.29 is 0 Å². The molecular weight excluding hydrogens is 226 g/mol. The molecule has 18 heavy (non-hydrogen) atoms.